The molecule has 16 heavy (non-hydrogen) atoms. The minimum absolute atomic E-state index is 0.148. The van der Waals surface area contributed by atoms with Gasteiger partial charge in [-0.05, 0) is 12.1 Å². The highest BCUT2D eigenvalue weighted by Crippen LogP contribution is 2.13. The highest BCUT2D eigenvalue weighted by molar-refractivity contribution is 5.89. The zero-order valence-electron chi connectivity index (χ0n) is 8.01. The van der Waals surface area contributed by atoms with E-state index in [0.29, 0.717) is 22.3 Å². The van der Waals surface area contributed by atoms with Crippen molar-refractivity contribution < 1.29 is 9.90 Å². The van der Waals surface area contributed by atoms with Gasteiger partial charge in [0.25, 0.3) is 0 Å². The first-order valence-electron chi connectivity index (χ1n) is 4.60. The summed E-state index contributed by atoms with van der Waals surface area (Å²) >= 11 is 0. The second kappa shape index (κ2) is 2.99. The van der Waals surface area contributed by atoms with Gasteiger partial charge in [-0.25, -0.2) is 19.7 Å². The molecule has 0 atom stereocenters. The van der Waals surface area contributed by atoms with E-state index in [2.05, 4.69) is 19.9 Å². The lowest BCUT2D eigenvalue weighted by Crippen LogP contribution is -1.97. The van der Waals surface area contributed by atoms with Crippen LogP contribution < -0.4 is 0 Å². The van der Waals surface area contributed by atoms with E-state index in [0.717, 1.165) is 0 Å². The zero-order valence-corrected chi connectivity index (χ0v) is 8.01. The van der Waals surface area contributed by atoms with Crippen LogP contribution in [0, 0.1) is 0 Å². The lowest BCUT2D eigenvalue weighted by molar-refractivity contribution is 0.0685. The highest BCUT2D eigenvalue weighted by atomic mass is 16.4. The number of aromatic nitrogens is 4. The Labute approximate surface area is 89.0 Å². The molecule has 6 heteroatoms. The van der Waals surface area contributed by atoms with Gasteiger partial charge in [0.1, 0.15) is 0 Å². The van der Waals surface area contributed by atoms with Crippen LogP contribution in [0.3, 0.4) is 0 Å². The number of carboxylic acids is 1. The molecule has 0 unspecified atom stereocenters. The van der Waals surface area contributed by atoms with Crippen LogP contribution in [-0.4, -0.2) is 31.0 Å². The number of H-pyrrole nitrogens is 1. The zero-order chi connectivity index (χ0) is 11.1. The van der Waals surface area contributed by atoms with E-state index >= 15 is 0 Å². The first-order valence-corrected chi connectivity index (χ1v) is 4.60. The van der Waals surface area contributed by atoms with Crippen molar-refractivity contribution in [2.45, 2.75) is 0 Å². The molecule has 2 heterocycles. The molecule has 2 N–H and O–H groups in total. The van der Waals surface area contributed by atoms with Crippen LogP contribution in [0.2, 0.25) is 0 Å². The number of rotatable bonds is 1. The van der Waals surface area contributed by atoms with E-state index in [-0.39, 0.29) is 5.82 Å². The van der Waals surface area contributed by atoms with Gasteiger partial charge in [-0.15, -0.1) is 0 Å². The van der Waals surface area contributed by atoms with Gasteiger partial charge in [-0.2, -0.15) is 0 Å². The molecule has 0 aliphatic carbocycles. The summed E-state index contributed by atoms with van der Waals surface area (Å²) in [5.74, 6) is -1.27. The second-order valence-electron chi connectivity index (χ2n) is 3.28. The van der Waals surface area contributed by atoms with E-state index in [9.17, 15) is 4.79 Å². The van der Waals surface area contributed by atoms with Gasteiger partial charge in [0.2, 0.25) is 5.82 Å². The van der Waals surface area contributed by atoms with Crippen LogP contribution in [0.5, 0.6) is 0 Å². The van der Waals surface area contributed by atoms with Crippen molar-refractivity contribution in [1.29, 1.82) is 0 Å². The summed E-state index contributed by atoms with van der Waals surface area (Å²) in [4.78, 5) is 25.6. The summed E-state index contributed by atoms with van der Waals surface area (Å²) in [6.45, 7) is 0. The van der Waals surface area contributed by atoms with Gasteiger partial charge in [-0.1, -0.05) is 12.1 Å². The number of hydrogen-bond donors (Lipinski definition) is 2. The highest BCUT2D eigenvalue weighted by Gasteiger charge is 2.11. The third-order valence-electron chi connectivity index (χ3n) is 2.21. The molecule has 3 rings (SSSR count). The van der Waals surface area contributed by atoms with Crippen LogP contribution in [0.15, 0.2) is 24.3 Å². The monoisotopic (exact) mass is 214 g/mol. The summed E-state index contributed by atoms with van der Waals surface area (Å²) in [5, 5.41) is 8.77. The predicted molar refractivity (Wildman–Crippen MR) is 56.1 cm³/mol. The molecule has 1 aromatic carbocycles. The lowest BCUT2D eigenvalue weighted by Gasteiger charge is -1.93. The van der Waals surface area contributed by atoms with Crippen molar-refractivity contribution in [3.05, 3.63) is 30.1 Å². The summed E-state index contributed by atoms with van der Waals surface area (Å²) < 4.78 is 0. The number of hydrogen-bond acceptors (Lipinski definition) is 4. The van der Waals surface area contributed by atoms with Crippen molar-refractivity contribution in [1.82, 2.24) is 19.9 Å². The Hall–Kier alpha value is -2.50. The summed E-state index contributed by atoms with van der Waals surface area (Å²) in [5.41, 5.74) is 2.10. The Bertz CT molecular complexity index is 652. The maximum absolute atomic E-state index is 10.7. The number of benzene rings is 1. The number of aromatic carboxylic acids is 1. The Morgan fingerprint density at radius 2 is 1.81 bits per heavy atom. The summed E-state index contributed by atoms with van der Waals surface area (Å²) in [6, 6.07) is 7.30. The number of carboxylic acid groups (broad SMARTS) is 1. The Kier molecular flexibility index (Phi) is 1.64. The molecule has 78 valence electrons. The molecule has 0 bridgehead atoms. The Morgan fingerprint density at radius 3 is 2.50 bits per heavy atom. The maximum Gasteiger partial charge on any atom is 0.372 e. The molecule has 0 radical (unpaired) electrons. The maximum atomic E-state index is 10.7. The van der Waals surface area contributed by atoms with Crippen molar-refractivity contribution in [3.8, 4) is 0 Å². The average Bonchev–Trinajstić information content (AvgIpc) is 2.68. The number of fused-ring (bicyclic) bond motifs is 2. The molecule has 0 aliphatic heterocycles. The van der Waals surface area contributed by atoms with Crippen molar-refractivity contribution in [2.24, 2.45) is 0 Å². The van der Waals surface area contributed by atoms with E-state index in [1.807, 2.05) is 18.2 Å². The average molecular weight is 214 g/mol. The fourth-order valence-corrected chi connectivity index (χ4v) is 1.50. The van der Waals surface area contributed by atoms with Gasteiger partial charge in [0, 0.05) is 0 Å². The molecular weight excluding hydrogens is 208 g/mol. The van der Waals surface area contributed by atoms with E-state index in [1.54, 1.807) is 6.07 Å². The van der Waals surface area contributed by atoms with Gasteiger partial charge >= 0.3 is 5.97 Å². The van der Waals surface area contributed by atoms with E-state index in [4.69, 9.17) is 5.11 Å². The van der Waals surface area contributed by atoms with Crippen LogP contribution in [-0.2, 0) is 0 Å². The van der Waals surface area contributed by atoms with E-state index < -0.39 is 5.97 Å². The third-order valence-corrected chi connectivity index (χ3v) is 2.21. The molecule has 2 aromatic heterocycles. The van der Waals surface area contributed by atoms with E-state index in [1.165, 1.54) is 0 Å². The lowest BCUT2D eigenvalue weighted by atomic mass is 10.3. The number of para-hydroxylation sites is 2. The first kappa shape index (κ1) is 8.78. The molecule has 6 nitrogen and oxygen atoms in total. The van der Waals surface area contributed by atoms with Crippen molar-refractivity contribution >= 4 is 28.3 Å². The number of nitrogens with one attached hydrogen (secondary N) is 1. The molecule has 3 aromatic rings. The van der Waals surface area contributed by atoms with Gasteiger partial charge in [0.15, 0.2) is 11.3 Å². The normalized spacial score (nSPS) is 11.0. The number of imidazole rings is 1. The predicted octanol–water partition coefficient (Wildman–Crippen LogP) is 1.20. The smallest absolute Gasteiger partial charge is 0.372 e. The van der Waals surface area contributed by atoms with Gasteiger partial charge in [0.05, 0.1) is 11.0 Å². The van der Waals surface area contributed by atoms with Crippen LogP contribution in [0.25, 0.3) is 22.3 Å². The van der Waals surface area contributed by atoms with Crippen LogP contribution in [0.1, 0.15) is 10.6 Å². The van der Waals surface area contributed by atoms with Crippen LogP contribution in [0.4, 0.5) is 0 Å². The van der Waals surface area contributed by atoms with Gasteiger partial charge < -0.3 is 10.1 Å². The molecule has 0 saturated carbocycles. The molecule has 0 aliphatic rings. The standard InChI is InChI=1S/C10H6N4O2/c15-10(16)9-13-7-8(14-9)12-6-4-2-1-3-5(6)11-7/h1-4H,(H,15,16)(H,11,12,13,14). The first-order chi connectivity index (χ1) is 7.74. The molecule has 0 spiro atoms. The summed E-state index contributed by atoms with van der Waals surface area (Å²) in [6.07, 6.45) is 0. The quantitative estimate of drug-likeness (QED) is 0.635. The molecule has 0 fully saturated rings. The second-order valence-corrected chi connectivity index (χ2v) is 3.28. The fraction of sp³-hybridized carbons (Fsp3) is 0. The Balaban J connectivity index is 2.38. The van der Waals surface area contributed by atoms with Crippen molar-refractivity contribution in [3.63, 3.8) is 0 Å². The molecule has 0 saturated heterocycles. The third kappa shape index (κ3) is 1.20. The fourth-order valence-electron chi connectivity index (χ4n) is 1.50. The van der Waals surface area contributed by atoms with Crippen molar-refractivity contribution in [2.75, 3.05) is 0 Å². The minimum atomic E-state index is -1.12. The Morgan fingerprint density at radius 1 is 1.12 bits per heavy atom. The number of carbonyl (C=O) groups is 1. The molecule has 0 amide bonds. The topological polar surface area (TPSA) is 91.8 Å². The molecular formula is C10H6N4O2. The number of aromatic amines is 1. The SMILES string of the molecule is O=C(O)c1nc2nc3ccccc3nc2[nH]1. The number of nitrogens with zero attached hydrogens (tertiary/aromatic N) is 3. The van der Waals surface area contributed by atoms with Crippen LogP contribution >= 0.6 is 0 Å². The minimum Gasteiger partial charge on any atom is -0.475 e. The summed E-state index contributed by atoms with van der Waals surface area (Å²) in [7, 11) is 0. The largest absolute Gasteiger partial charge is 0.475 e. The van der Waals surface area contributed by atoms with Gasteiger partial charge in [-0.3, -0.25) is 0 Å².